The van der Waals surface area contributed by atoms with E-state index in [0.717, 1.165) is 17.1 Å². The first kappa shape index (κ1) is 11.6. The lowest BCUT2D eigenvalue weighted by atomic mass is 10.1. The van der Waals surface area contributed by atoms with E-state index in [0.29, 0.717) is 16.1 Å². The van der Waals surface area contributed by atoms with Crippen molar-refractivity contribution in [1.82, 2.24) is 4.98 Å². The van der Waals surface area contributed by atoms with Crippen molar-refractivity contribution in [3.8, 4) is 11.3 Å². The van der Waals surface area contributed by atoms with Gasteiger partial charge in [0.2, 0.25) is 0 Å². The van der Waals surface area contributed by atoms with Crippen LogP contribution in [0.2, 0.25) is 5.02 Å². The fraction of sp³-hybridized carbons (Fsp3) is 0.250. The first-order valence-corrected chi connectivity index (χ1v) is 6.28. The van der Waals surface area contributed by atoms with Crippen LogP contribution in [0, 0.1) is 12.7 Å². The molecule has 1 nitrogen and oxygen atoms in total. The van der Waals surface area contributed by atoms with Gasteiger partial charge in [-0.2, -0.15) is 0 Å². The van der Waals surface area contributed by atoms with Crippen molar-refractivity contribution in [3.05, 3.63) is 38.9 Å². The van der Waals surface area contributed by atoms with Crippen molar-refractivity contribution in [2.45, 2.75) is 20.3 Å². The smallest absolute Gasteiger partial charge is 0.126 e. The number of halogens is 2. The lowest BCUT2D eigenvalue weighted by molar-refractivity contribution is 0.619. The van der Waals surface area contributed by atoms with Crippen LogP contribution in [0.3, 0.4) is 0 Å². The number of thiazole rings is 1. The Morgan fingerprint density at radius 3 is 2.81 bits per heavy atom. The maximum Gasteiger partial charge on any atom is 0.126 e. The zero-order valence-corrected chi connectivity index (χ0v) is 10.6. The molecular formula is C12H11ClFNS. The van der Waals surface area contributed by atoms with Crippen molar-refractivity contribution in [2.24, 2.45) is 0 Å². The van der Waals surface area contributed by atoms with Gasteiger partial charge in [0.05, 0.1) is 15.7 Å². The van der Waals surface area contributed by atoms with Crippen LogP contribution in [0.1, 0.15) is 17.5 Å². The normalized spacial score (nSPS) is 10.8. The van der Waals surface area contributed by atoms with Gasteiger partial charge in [0.25, 0.3) is 0 Å². The summed E-state index contributed by atoms with van der Waals surface area (Å²) < 4.78 is 13.5. The highest BCUT2D eigenvalue weighted by Crippen LogP contribution is 2.31. The van der Waals surface area contributed by atoms with Gasteiger partial charge < -0.3 is 0 Å². The van der Waals surface area contributed by atoms with Crippen LogP contribution in [0.25, 0.3) is 11.3 Å². The molecule has 4 heteroatoms. The largest absolute Gasteiger partial charge is 0.241 e. The highest BCUT2D eigenvalue weighted by molar-refractivity contribution is 7.09. The van der Waals surface area contributed by atoms with E-state index in [-0.39, 0.29) is 5.82 Å². The summed E-state index contributed by atoms with van der Waals surface area (Å²) in [6, 6.07) is 3.09. The van der Waals surface area contributed by atoms with Gasteiger partial charge in [0, 0.05) is 10.9 Å². The first-order valence-electron chi connectivity index (χ1n) is 5.02. The molecule has 0 radical (unpaired) electrons. The fourth-order valence-corrected chi connectivity index (χ4v) is 2.50. The highest BCUT2D eigenvalue weighted by Gasteiger charge is 2.10. The summed E-state index contributed by atoms with van der Waals surface area (Å²) in [6.45, 7) is 3.74. The van der Waals surface area contributed by atoms with Crippen molar-refractivity contribution < 1.29 is 4.39 Å². The number of hydrogen-bond acceptors (Lipinski definition) is 2. The average Bonchev–Trinajstić information content (AvgIpc) is 2.71. The Labute approximate surface area is 103 Å². The van der Waals surface area contributed by atoms with E-state index in [2.05, 4.69) is 4.98 Å². The summed E-state index contributed by atoms with van der Waals surface area (Å²) in [7, 11) is 0. The third-order valence-corrected chi connectivity index (χ3v) is 3.68. The molecule has 1 heterocycles. The molecule has 16 heavy (non-hydrogen) atoms. The SMILES string of the molecule is CCc1nc(-c2cc(F)c(C)cc2Cl)cs1. The van der Waals surface area contributed by atoms with E-state index in [1.165, 1.54) is 6.07 Å². The highest BCUT2D eigenvalue weighted by atomic mass is 35.5. The van der Waals surface area contributed by atoms with E-state index in [9.17, 15) is 4.39 Å². The second-order valence-electron chi connectivity index (χ2n) is 3.56. The Morgan fingerprint density at radius 2 is 2.19 bits per heavy atom. The molecule has 0 atom stereocenters. The molecular weight excluding hydrogens is 245 g/mol. The maximum atomic E-state index is 13.5. The van der Waals surface area contributed by atoms with E-state index >= 15 is 0 Å². The van der Waals surface area contributed by atoms with E-state index in [4.69, 9.17) is 11.6 Å². The second kappa shape index (κ2) is 4.52. The predicted molar refractivity (Wildman–Crippen MR) is 66.6 cm³/mol. The van der Waals surface area contributed by atoms with Gasteiger partial charge in [-0.25, -0.2) is 9.37 Å². The van der Waals surface area contributed by atoms with Crippen LogP contribution in [-0.4, -0.2) is 4.98 Å². The average molecular weight is 256 g/mol. The van der Waals surface area contributed by atoms with Crippen LogP contribution in [0.15, 0.2) is 17.5 Å². The molecule has 84 valence electrons. The van der Waals surface area contributed by atoms with Crippen LogP contribution in [0.4, 0.5) is 4.39 Å². The van der Waals surface area contributed by atoms with Gasteiger partial charge in [-0.15, -0.1) is 11.3 Å². The van der Waals surface area contributed by atoms with Crippen molar-refractivity contribution in [2.75, 3.05) is 0 Å². The Balaban J connectivity index is 2.51. The van der Waals surface area contributed by atoms with Gasteiger partial charge in [-0.3, -0.25) is 0 Å². The van der Waals surface area contributed by atoms with E-state index in [1.54, 1.807) is 24.3 Å². The van der Waals surface area contributed by atoms with Crippen LogP contribution in [0.5, 0.6) is 0 Å². The number of aryl methyl sites for hydroxylation is 2. The molecule has 0 saturated heterocycles. The van der Waals surface area contributed by atoms with Crippen molar-refractivity contribution in [3.63, 3.8) is 0 Å². The zero-order valence-electron chi connectivity index (χ0n) is 9.05. The summed E-state index contributed by atoms with van der Waals surface area (Å²) in [4.78, 5) is 4.40. The van der Waals surface area contributed by atoms with E-state index in [1.807, 2.05) is 12.3 Å². The number of rotatable bonds is 2. The molecule has 0 unspecified atom stereocenters. The number of benzene rings is 1. The molecule has 0 N–H and O–H groups in total. The standard InChI is InChI=1S/C12H11ClFNS/c1-3-12-15-11(6-16-12)8-5-10(14)7(2)4-9(8)13/h4-6H,3H2,1-2H3. The Morgan fingerprint density at radius 1 is 1.44 bits per heavy atom. The molecule has 0 aliphatic rings. The second-order valence-corrected chi connectivity index (χ2v) is 4.91. The minimum Gasteiger partial charge on any atom is -0.241 e. The maximum absolute atomic E-state index is 13.5. The molecule has 1 aromatic carbocycles. The lowest BCUT2D eigenvalue weighted by Crippen LogP contribution is -1.87. The molecule has 0 bridgehead atoms. The summed E-state index contributed by atoms with van der Waals surface area (Å²) in [5, 5.41) is 3.49. The minimum atomic E-state index is -0.245. The molecule has 0 aliphatic carbocycles. The van der Waals surface area contributed by atoms with Crippen LogP contribution < -0.4 is 0 Å². The Hall–Kier alpha value is -0.930. The van der Waals surface area contributed by atoms with Crippen molar-refractivity contribution in [1.29, 1.82) is 0 Å². The minimum absolute atomic E-state index is 0.245. The molecule has 0 spiro atoms. The predicted octanol–water partition coefficient (Wildman–Crippen LogP) is 4.47. The third kappa shape index (κ3) is 2.11. The van der Waals surface area contributed by atoms with Crippen LogP contribution >= 0.6 is 22.9 Å². The third-order valence-electron chi connectivity index (χ3n) is 2.38. The van der Waals surface area contributed by atoms with Gasteiger partial charge in [0.1, 0.15) is 5.82 Å². The van der Waals surface area contributed by atoms with Gasteiger partial charge in [-0.1, -0.05) is 18.5 Å². The Kier molecular flexibility index (Phi) is 3.26. The van der Waals surface area contributed by atoms with Gasteiger partial charge in [-0.05, 0) is 31.0 Å². The summed E-state index contributed by atoms with van der Waals surface area (Å²) in [6.07, 6.45) is 0.886. The topological polar surface area (TPSA) is 12.9 Å². The summed E-state index contributed by atoms with van der Waals surface area (Å²) in [5.41, 5.74) is 1.98. The number of hydrogen-bond donors (Lipinski definition) is 0. The summed E-state index contributed by atoms with van der Waals surface area (Å²) >= 11 is 7.66. The first-order chi connectivity index (χ1) is 7.61. The van der Waals surface area contributed by atoms with E-state index < -0.39 is 0 Å². The molecule has 2 aromatic rings. The number of aromatic nitrogens is 1. The quantitative estimate of drug-likeness (QED) is 0.771. The van der Waals surface area contributed by atoms with Gasteiger partial charge >= 0.3 is 0 Å². The molecule has 0 amide bonds. The Bertz CT molecular complexity index is 522. The van der Waals surface area contributed by atoms with Gasteiger partial charge in [0.15, 0.2) is 0 Å². The monoisotopic (exact) mass is 255 g/mol. The summed E-state index contributed by atoms with van der Waals surface area (Å²) in [5.74, 6) is -0.245. The molecule has 0 aliphatic heterocycles. The fourth-order valence-electron chi connectivity index (χ4n) is 1.44. The van der Waals surface area contributed by atoms with Crippen LogP contribution in [-0.2, 0) is 6.42 Å². The number of nitrogens with zero attached hydrogens (tertiary/aromatic N) is 1. The molecule has 2 rings (SSSR count). The molecule has 0 fully saturated rings. The molecule has 0 saturated carbocycles. The lowest BCUT2D eigenvalue weighted by Gasteiger charge is -2.03. The zero-order chi connectivity index (χ0) is 11.7. The molecule has 1 aromatic heterocycles. The van der Waals surface area contributed by atoms with Crippen molar-refractivity contribution >= 4 is 22.9 Å².